The second-order valence-corrected chi connectivity index (χ2v) is 6.88. The number of halogens is 5. The van der Waals surface area contributed by atoms with Crippen LogP contribution in [0.5, 0.6) is 0 Å². The molecule has 0 saturated heterocycles. The van der Waals surface area contributed by atoms with Crippen LogP contribution in [0.25, 0.3) is 0 Å². The predicted molar refractivity (Wildman–Crippen MR) is 102 cm³/mol. The molecule has 11 heteroatoms. The zero-order valence-corrected chi connectivity index (χ0v) is 16.6. The number of carbonyl (C=O) groups is 1. The number of nitrogens with two attached hydrogens (primary N) is 1. The van der Waals surface area contributed by atoms with E-state index in [1.165, 1.54) is 24.5 Å². The predicted octanol–water partition coefficient (Wildman–Crippen LogP) is 3.07. The molecule has 2 N–H and O–H groups in total. The van der Waals surface area contributed by atoms with E-state index in [-0.39, 0.29) is 42.7 Å². The number of ketones is 1. The molecule has 1 aromatic heterocycles. The number of amidine groups is 1. The standard InChI is InChI=1S/C17H14BrF3N4O2.ClH/c18-10-5-23-15(24-6-10)13(26)4-9-1-2-12(19)11(3-9)17(16(20)21)8-27-7-14(22)25-17;/h1-3,5-6,16H,4,7-8H2,(H2,22,25);1H/t17-;/m0./s1. The molecule has 150 valence electrons. The van der Waals surface area contributed by atoms with Gasteiger partial charge in [0.15, 0.2) is 11.4 Å². The molecule has 0 radical (unpaired) electrons. The average Bonchev–Trinajstić information content (AvgIpc) is 2.63. The number of benzene rings is 1. The van der Waals surface area contributed by atoms with Crippen LogP contribution < -0.4 is 5.73 Å². The lowest BCUT2D eigenvalue weighted by Crippen LogP contribution is -2.45. The Hall–Kier alpha value is -2.04. The van der Waals surface area contributed by atoms with Crippen molar-refractivity contribution in [1.82, 2.24) is 9.97 Å². The molecule has 1 atom stereocenters. The lowest BCUT2D eigenvalue weighted by Gasteiger charge is -2.33. The smallest absolute Gasteiger partial charge is 0.269 e. The maximum absolute atomic E-state index is 14.4. The monoisotopic (exact) mass is 478 g/mol. The number of nitrogens with zero attached hydrogens (tertiary/aromatic N) is 3. The highest BCUT2D eigenvalue weighted by Gasteiger charge is 2.46. The Kier molecular flexibility index (Phi) is 7.13. The summed E-state index contributed by atoms with van der Waals surface area (Å²) in [6.07, 6.45) is -0.404. The minimum Gasteiger partial charge on any atom is -0.385 e. The molecule has 0 unspecified atom stereocenters. The van der Waals surface area contributed by atoms with Gasteiger partial charge in [-0.05, 0) is 33.6 Å². The number of rotatable bonds is 5. The molecule has 1 aliphatic rings. The molecule has 0 fully saturated rings. The highest BCUT2D eigenvalue weighted by Crippen LogP contribution is 2.37. The molecule has 1 aromatic carbocycles. The van der Waals surface area contributed by atoms with Crippen LogP contribution in [-0.2, 0) is 16.7 Å². The van der Waals surface area contributed by atoms with Gasteiger partial charge in [0.2, 0.25) is 5.78 Å². The van der Waals surface area contributed by atoms with E-state index in [1.807, 2.05) is 0 Å². The van der Waals surface area contributed by atoms with Crippen LogP contribution in [0.15, 0.2) is 40.1 Å². The largest absolute Gasteiger partial charge is 0.385 e. The quantitative estimate of drug-likeness (QED) is 0.666. The minimum atomic E-state index is -3.05. The summed E-state index contributed by atoms with van der Waals surface area (Å²) < 4.78 is 47.7. The lowest BCUT2D eigenvalue weighted by molar-refractivity contribution is -0.0146. The van der Waals surface area contributed by atoms with Crippen molar-refractivity contribution in [2.24, 2.45) is 10.7 Å². The van der Waals surface area contributed by atoms with E-state index < -0.39 is 30.2 Å². The number of carbonyl (C=O) groups excluding carboxylic acids is 1. The first-order chi connectivity index (χ1) is 12.8. The Morgan fingerprint density at radius 2 is 2.00 bits per heavy atom. The van der Waals surface area contributed by atoms with Gasteiger partial charge in [-0.1, -0.05) is 6.07 Å². The van der Waals surface area contributed by atoms with Crippen molar-refractivity contribution in [3.05, 3.63) is 57.8 Å². The van der Waals surface area contributed by atoms with Crippen molar-refractivity contribution in [3.63, 3.8) is 0 Å². The number of alkyl halides is 2. The van der Waals surface area contributed by atoms with Gasteiger partial charge in [0.1, 0.15) is 18.3 Å². The molecular weight excluding hydrogens is 465 g/mol. The second kappa shape index (κ2) is 8.97. The first-order valence-corrected chi connectivity index (χ1v) is 8.61. The second-order valence-electron chi connectivity index (χ2n) is 5.96. The van der Waals surface area contributed by atoms with Crippen molar-refractivity contribution in [2.45, 2.75) is 18.4 Å². The van der Waals surface area contributed by atoms with Crippen molar-refractivity contribution < 1.29 is 22.7 Å². The molecule has 0 amide bonds. The topological polar surface area (TPSA) is 90.5 Å². The molecule has 0 saturated carbocycles. The fourth-order valence-corrected chi connectivity index (χ4v) is 2.94. The van der Waals surface area contributed by atoms with E-state index in [0.717, 1.165) is 6.07 Å². The summed E-state index contributed by atoms with van der Waals surface area (Å²) in [4.78, 5) is 23.9. The Morgan fingerprint density at radius 3 is 2.61 bits per heavy atom. The Labute approximate surface area is 173 Å². The van der Waals surface area contributed by atoms with E-state index in [9.17, 15) is 18.0 Å². The van der Waals surface area contributed by atoms with Crippen LogP contribution in [0.3, 0.4) is 0 Å². The van der Waals surface area contributed by atoms with Crippen LogP contribution in [0.4, 0.5) is 13.2 Å². The van der Waals surface area contributed by atoms with Crippen LogP contribution in [0.1, 0.15) is 21.7 Å². The van der Waals surface area contributed by atoms with E-state index in [0.29, 0.717) is 10.0 Å². The number of Topliss-reactive ketones (excluding diaryl/α,β-unsaturated/α-hetero) is 1. The number of aromatic nitrogens is 2. The van der Waals surface area contributed by atoms with Gasteiger partial charge in [-0.15, -0.1) is 12.4 Å². The highest BCUT2D eigenvalue weighted by molar-refractivity contribution is 9.10. The molecule has 0 bridgehead atoms. The normalized spacial score (nSPS) is 19.1. The molecule has 2 aromatic rings. The third kappa shape index (κ3) is 4.50. The lowest BCUT2D eigenvalue weighted by atomic mass is 9.88. The number of aliphatic imine (C=N–C) groups is 1. The number of hydrogen-bond donors (Lipinski definition) is 1. The molecule has 0 aliphatic carbocycles. The van der Waals surface area contributed by atoms with Crippen LogP contribution in [0, 0.1) is 5.82 Å². The van der Waals surface area contributed by atoms with Crippen molar-refractivity contribution in [2.75, 3.05) is 13.2 Å². The van der Waals surface area contributed by atoms with Gasteiger partial charge in [0, 0.05) is 24.4 Å². The number of hydrogen-bond acceptors (Lipinski definition) is 6. The Morgan fingerprint density at radius 1 is 1.32 bits per heavy atom. The van der Waals surface area contributed by atoms with Gasteiger partial charge in [-0.2, -0.15) is 0 Å². The van der Waals surface area contributed by atoms with Gasteiger partial charge in [0.25, 0.3) is 6.43 Å². The molecule has 2 heterocycles. The van der Waals surface area contributed by atoms with Crippen molar-refractivity contribution in [1.29, 1.82) is 0 Å². The maximum atomic E-state index is 14.4. The fraction of sp³-hybridized carbons (Fsp3) is 0.294. The first-order valence-electron chi connectivity index (χ1n) is 7.81. The Balaban J connectivity index is 0.00000280. The Bertz CT molecular complexity index is 898. The van der Waals surface area contributed by atoms with E-state index in [4.69, 9.17) is 10.5 Å². The van der Waals surface area contributed by atoms with Gasteiger partial charge in [-0.25, -0.2) is 23.1 Å². The van der Waals surface area contributed by atoms with Gasteiger partial charge < -0.3 is 10.5 Å². The minimum absolute atomic E-state index is 0. The summed E-state index contributed by atoms with van der Waals surface area (Å²) in [7, 11) is 0. The van der Waals surface area contributed by atoms with Crippen LogP contribution >= 0.6 is 28.3 Å². The van der Waals surface area contributed by atoms with E-state index in [1.54, 1.807) is 0 Å². The summed E-state index contributed by atoms with van der Waals surface area (Å²) in [5.41, 5.74) is 3.24. The molecule has 3 rings (SSSR count). The van der Waals surface area contributed by atoms with E-state index in [2.05, 4.69) is 30.9 Å². The summed E-state index contributed by atoms with van der Waals surface area (Å²) in [6, 6.07) is 3.54. The van der Waals surface area contributed by atoms with Gasteiger partial charge in [-0.3, -0.25) is 9.79 Å². The van der Waals surface area contributed by atoms with Crippen molar-refractivity contribution in [3.8, 4) is 0 Å². The molecule has 6 nitrogen and oxygen atoms in total. The van der Waals surface area contributed by atoms with Crippen LogP contribution in [-0.4, -0.2) is 41.2 Å². The SMILES string of the molecule is Cl.NC1=N[C@@](c2cc(CC(=O)c3ncc(Br)cn3)ccc2F)(C(F)F)COC1. The summed E-state index contributed by atoms with van der Waals surface area (Å²) in [6.45, 7) is -0.620. The van der Waals surface area contributed by atoms with Gasteiger partial charge in [0.05, 0.1) is 11.1 Å². The zero-order valence-electron chi connectivity index (χ0n) is 14.2. The molecule has 0 spiro atoms. The summed E-state index contributed by atoms with van der Waals surface area (Å²) in [5, 5.41) is 0. The third-order valence-corrected chi connectivity index (χ3v) is 4.42. The van der Waals surface area contributed by atoms with Crippen LogP contribution in [0.2, 0.25) is 0 Å². The fourth-order valence-electron chi connectivity index (χ4n) is 2.73. The van der Waals surface area contributed by atoms with Gasteiger partial charge >= 0.3 is 0 Å². The number of ether oxygens (including phenoxy) is 1. The summed E-state index contributed by atoms with van der Waals surface area (Å²) >= 11 is 3.16. The highest BCUT2D eigenvalue weighted by atomic mass is 79.9. The molecule has 1 aliphatic heterocycles. The summed E-state index contributed by atoms with van der Waals surface area (Å²) in [5.74, 6) is -1.50. The molecule has 28 heavy (non-hydrogen) atoms. The molecular formula is C17H15BrClF3N4O2. The van der Waals surface area contributed by atoms with E-state index >= 15 is 0 Å². The maximum Gasteiger partial charge on any atom is 0.269 e. The first kappa shape index (κ1) is 22.3. The average molecular weight is 480 g/mol. The third-order valence-electron chi connectivity index (χ3n) is 4.01. The van der Waals surface area contributed by atoms with Crippen molar-refractivity contribution >= 4 is 40.0 Å². The zero-order chi connectivity index (χ0) is 19.6.